The van der Waals surface area contributed by atoms with Crippen LogP contribution in [0.5, 0.6) is 0 Å². The SMILES string of the molecule is CC1C[C@H](O)C(=O)[C@H](O)C1=O. The molecule has 0 aromatic carbocycles. The molecule has 0 aromatic heterocycles. The maximum Gasteiger partial charge on any atom is 0.197 e. The molecule has 1 aliphatic rings. The van der Waals surface area contributed by atoms with E-state index >= 15 is 0 Å². The quantitative estimate of drug-likeness (QED) is 0.438. The molecule has 0 amide bonds. The van der Waals surface area contributed by atoms with Crippen molar-refractivity contribution < 1.29 is 19.8 Å². The summed E-state index contributed by atoms with van der Waals surface area (Å²) in [5.41, 5.74) is 0. The van der Waals surface area contributed by atoms with Crippen LogP contribution in [0.3, 0.4) is 0 Å². The van der Waals surface area contributed by atoms with E-state index in [0.717, 1.165) is 0 Å². The molecule has 0 aliphatic heterocycles. The van der Waals surface area contributed by atoms with E-state index in [1.807, 2.05) is 0 Å². The summed E-state index contributed by atoms with van der Waals surface area (Å²) in [5, 5.41) is 17.9. The van der Waals surface area contributed by atoms with Crippen LogP contribution in [-0.2, 0) is 9.59 Å². The van der Waals surface area contributed by atoms with E-state index in [1.165, 1.54) is 0 Å². The third kappa shape index (κ3) is 1.32. The minimum Gasteiger partial charge on any atom is -0.385 e. The molecule has 1 aliphatic carbocycles. The van der Waals surface area contributed by atoms with E-state index < -0.39 is 29.7 Å². The first-order valence-electron chi connectivity index (χ1n) is 3.47. The Morgan fingerprint density at radius 3 is 2.36 bits per heavy atom. The van der Waals surface area contributed by atoms with Crippen LogP contribution in [-0.4, -0.2) is 34.0 Å². The molecule has 62 valence electrons. The third-order valence-electron chi connectivity index (χ3n) is 1.93. The zero-order chi connectivity index (χ0) is 8.59. The van der Waals surface area contributed by atoms with Crippen molar-refractivity contribution in [1.82, 2.24) is 0 Å². The van der Waals surface area contributed by atoms with Crippen molar-refractivity contribution in [3.05, 3.63) is 0 Å². The fourth-order valence-electron chi connectivity index (χ4n) is 1.16. The molecule has 0 spiro atoms. The van der Waals surface area contributed by atoms with Crippen LogP contribution in [0.2, 0.25) is 0 Å². The first-order chi connectivity index (χ1) is 5.04. The van der Waals surface area contributed by atoms with Crippen molar-refractivity contribution in [2.45, 2.75) is 25.6 Å². The van der Waals surface area contributed by atoms with Crippen LogP contribution >= 0.6 is 0 Å². The van der Waals surface area contributed by atoms with E-state index in [2.05, 4.69) is 0 Å². The number of carbonyl (C=O) groups excluding carboxylic acids is 2. The molecule has 2 N–H and O–H groups in total. The van der Waals surface area contributed by atoms with Crippen LogP contribution < -0.4 is 0 Å². The maximum absolute atomic E-state index is 10.9. The number of aliphatic hydroxyl groups excluding tert-OH is 2. The Bertz CT molecular complexity index is 179. The highest BCUT2D eigenvalue weighted by atomic mass is 16.3. The number of hydrogen-bond acceptors (Lipinski definition) is 4. The van der Waals surface area contributed by atoms with Crippen LogP contribution in [0.25, 0.3) is 0 Å². The number of ketones is 2. The van der Waals surface area contributed by atoms with Gasteiger partial charge in [0, 0.05) is 5.92 Å². The molecule has 4 nitrogen and oxygen atoms in total. The molecule has 11 heavy (non-hydrogen) atoms. The molecule has 1 unspecified atom stereocenters. The molecule has 4 heteroatoms. The molecule has 0 heterocycles. The molecule has 0 saturated heterocycles. The molecular weight excluding hydrogens is 148 g/mol. The van der Waals surface area contributed by atoms with Crippen LogP contribution in [0.4, 0.5) is 0 Å². The maximum atomic E-state index is 10.9. The zero-order valence-corrected chi connectivity index (χ0v) is 6.15. The van der Waals surface area contributed by atoms with E-state index in [0.29, 0.717) is 0 Å². The average molecular weight is 158 g/mol. The van der Waals surface area contributed by atoms with Gasteiger partial charge >= 0.3 is 0 Å². The highest BCUT2D eigenvalue weighted by Gasteiger charge is 2.38. The van der Waals surface area contributed by atoms with Crippen molar-refractivity contribution in [1.29, 1.82) is 0 Å². The monoisotopic (exact) mass is 158 g/mol. The van der Waals surface area contributed by atoms with Crippen molar-refractivity contribution in [3.8, 4) is 0 Å². The highest BCUT2D eigenvalue weighted by molar-refractivity contribution is 6.09. The lowest BCUT2D eigenvalue weighted by atomic mass is 9.84. The smallest absolute Gasteiger partial charge is 0.197 e. The molecule has 0 bridgehead atoms. The van der Waals surface area contributed by atoms with Gasteiger partial charge < -0.3 is 10.2 Å². The first-order valence-corrected chi connectivity index (χ1v) is 3.47. The van der Waals surface area contributed by atoms with Gasteiger partial charge in [0.25, 0.3) is 0 Å². The van der Waals surface area contributed by atoms with Crippen LogP contribution in [0.15, 0.2) is 0 Å². The van der Waals surface area contributed by atoms with Crippen molar-refractivity contribution >= 4 is 11.6 Å². The van der Waals surface area contributed by atoms with Crippen molar-refractivity contribution in [3.63, 3.8) is 0 Å². The van der Waals surface area contributed by atoms with Crippen LogP contribution in [0.1, 0.15) is 13.3 Å². The fraction of sp³-hybridized carbons (Fsp3) is 0.714. The molecule has 1 fully saturated rings. The van der Waals surface area contributed by atoms with Gasteiger partial charge in [-0.2, -0.15) is 0 Å². The van der Waals surface area contributed by atoms with E-state index in [1.54, 1.807) is 6.92 Å². The van der Waals surface area contributed by atoms with Gasteiger partial charge in [-0.1, -0.05) is 6.92 Å². The minimum atomic E-state index is -1.60. The Labute approximate surface area is 63.8 Å². The number of aliphatic hydroxyl groups is 2. The van der Waals surface area contributed by atoms with Gasteiger partial charge in [-0.3, -0.25) is 9.59 Å². The van der Waals surface area contributed by atoms with Gasteiger partial charge in [0.2, 0.25) is 0 Å². The first kappa shape index (κ1) is 8.36. The van der Waals surface area contributed by atoms with Gasteiger partial charge in [-0.05, 0) is 6.42 Å². The third-order valence-corrected chi connectivity index (χ3v) is 1.93. The number of carbonyl (C=O) groups is 2. The fourth-order valence-corrected chi connectivity index (χ4v) is 1.16. The second kappa shape index (κ2) is 2.71. The molecule has 0 radical (unpaired) electrons. The lowest BCUT2D eigenvalue weighted by molar-refractivity contribution is -0.151. The minimum absolute atomic E-state index is 0.134. The summed E-state index contributed by atoms with van der Waals surface area (Å²) >= 11 is 0. The Morgan fingerprint density at radius 2 is 1.82 bits per heavy atom. The van der Waals surface area contributed by atoms with Gasteiger partial charge in [0.05, 0.1) is 0 Å². The van der Waals surface area contributed by atoms with Gasteiger partial charge in [0.1, 0.15) is 6.10 Å². The standard InChI is InChI=1S/C7H10O4/c1-3-2-4(8)6(10)7(11)5(3)9/h3-4,7-8,11H,2H2,1H3/t3?,4-,7+/m0/s1. The predicted molar refractivity (Wildman–Crippen MR) is 35.8 cm³/mol. The largest absolute Gasteiger partial charge is 0.385 e. The Morgan fingerprint density at radius 1 is 1.27 bits per heavy atom. The Kier molecular flexibility index (Phi) is 2.06. The number of hydrogen-bond donors (Lipinski definition) is 2. The van der Waals surface area contributed by atoms with E-state index in [9.17, 15) is 9.59 Å². The second-order valence-electron chi connectivity index (χ2n) is 2.86. The summed E-state index contributed by atoms with van der Waals surface area (Å²) in [7, 11) is 0. The topological polar surface area (TPSA) is 74.6 Å². The Hall–Kier alpha value is -0.740. The van der Waals surface area contributed by atoms with Crippen molar-refractivity contribution in [2.24, 2.45) is 5.92 Å². The summed E-state index contributed by atoms with van der Waals surface area (Å²) in [6.45, 7) is 1.58. The van der Waals surface area contributed by atoms with Crippen molar-refractivity contribution in [2.75, 3.05) is 0 Å². The van der Waals surface area contributed by atoms with Gasteiger partial charge in [-0.25, -0.2) is 0 Å². The lowest BCUT2D eigenvalue weighted by Gasteiger charge is -2.24. The molecule has 3 atom stereocenters. The van der Waals surface area contributed by atoms with Gasteiger partial charge in [0.15, 0.2) is 17.7 Å². The summed E-state index contributed by atoms with van der Waals surface area (Å²) in [5.74, 6) is -1.67. The summed E-state index contributed by atoms with van der Waals surface area (Å²) in [6.07, 6.45) is -2.64. The van der Waals surface area contributed by atoms with E-state index in [4.69, 9.17) is 10.2 Å². The zero-order valence-electron chi connectivity index (χ0n) is 6.15. The summed E-state index contributed by atoms with van der Waals surface area (Å²) < 4.78 is 0. The predicted octanol–water partition coefficient (Wildman–Crippen LogP) is -1.11. The average Bonchev–Trinajstić information content (AvgIpc) is 1.97. The Balaban J connectivity index is 2.79. The molecule has 1 rings (SSSR count). The molecule has 1 saturated carbocycles. The summed E-state index contributed by atoms with van der Waals surface area (Å²) in [4.78, 5) is 21.7. The lowest BCUT2D eigenvalue weighted by Crippen LogP contribution is -2.46. The molecular formula is C7H10O4. The van der Waals surface area contributed by atoms with E-state index in [-0.39, 0.29) is 6.42 Å². The molecule has 0 aromatic rings. The second-order valence-corrected chi connectivity index (χ2v) is 2.86. The highest BCUT2D eigenvalue weighted by Crippen LogP contribution is 2.18. The summed E-state index contributed by atoms with van der Waals surface area (Å²) in [6, 6.07) is 0. The number of Topliss-reactive ketones (excluding diaryl/α,β-unsaturated/α-hetero) is 2. The number of rotatable bonds is 0. The normalized spacial score (nSPS) is 39.4. The van der Waals surface area contributed by atoms with Crippen LogP contribution in [0, 0.1) is 5.92 Å². The van der Waals surface area contributed by atoms with Gasteiger partial charge in [-0.15, -0.1) is 0 Å².